The topological polar surface area (TPSA) is 620 Å². The van der Waals surface area contributed by atoms with E-state index in [1.807, 2.05) is 16.0 Å². The minimum absolute atomic E-state index is 0.0205. The number of aliphatic hydroxyl groups is 16. The molecule has 0 aromatic rings. The quantitative estimate of drug-likeness (QED) is 0.0252. The lowest BCUT2D eigenvalue weighted by Gasteiger charge is -2.32. The Morgan fingerprint density at radius 2 is 0.614 bits per heavy atom. The number of carboxylic acids is 3. The van der Waals surface area contributed by atoms with Crippen LogP contribution in [0.25, 0.3) is 0 Å². The van der Waals surface area contributed by atoms with Gasteiger partial charge in [-0.1, -0.05) is 6.92 Å². The van der Waals surface area contributed by atoms with E-state index in [0.29, 0.717) is 0 Å². The predicted molar refractivity (Wildman–Crippen MR) is 276 cm³/mol. The molecule has 0 unspecified atom stereocenters. The number of aliphatic hydroxyl groups excluding tert-OH is 16. The van der Waals surface area contributed by atoms with E-state index in [0.717, 1.165) is 0 Å². The summed E-state index contributed by atoms with van der Waals surface area (Å²) in [4.78, 5) is 145. The zero-order valence-electron chi connectivity index (χ0n) is 44.9. The second-order valence-electron chi connectivity index (χ2n) is 19.5. The Morgan fingerprint density at radius 1 is 0.373 bits per heavy atom. The number of ketones is 4. The Hall–Kier alpha value is -5.32. The van der Waals surface area contributed by atoms with Crippen molar-refractivity contribution >= 4 is 77.3 Å². The molecule has 34 nitrogen and oxygen atoms in total. The van der Waals surface area contributed by atoms with Crippen molar-refractivity contribution < 1.29 is 150 Å². The highest BCUT2D eigenvalue weighted by Gasteiger charge is 2.45. The average Bonchev–Trinajstić information content (AvgIpc) is 3.55. The molecule has 0 aliphatic heterocycles. The summed E-state index contributed by atoms with van der Waals surface area (Å²) >= 11 is 3.92. The van der Waals surface area contributed by atoms with Gasteiger partial charge in [0.25, 0.3) is 0 Å². The highest BCUT2D eigenvalue weighted by molar-refractivity contribution is 7.80. The molecule has 0 fully saturated rings. The molecule has 35 heteroatoms. The monoisotopic (exact) mass is 1220 g/mol. The minimum Gasteiger partial charge on any atom is -0.481 e. The van der Waals surface area contributed by atoms with Crippen molar-refractivity contribution in [3.63, 3.8) is 0 Å². The number of hydrogen-bond acceptors (Lipinski definition) is 28. The molecule has 478 valence electrons. The van der Waals surface area contributed by atoms with Gasteiger partial charge in [0.05, 0.1) is 92.6 Å². The number of hydrogen-bond donors (Lipinski definition) is 24. The molecule has 19 atom stereocenters. The fourth-order valence-corrected chi connectivity index (χ4v) is 8.24. The lowest BCUT2D eigenvalue weighted by Crippen LogP contribution is -2.55. The molecule has 0 bridgehead atoms. The molecule has 4 amide bonds. The first kappa shape index (κ1) is 77.7. The van der Waals surface area contributed by atoms with Crippen LogP contribution in [0.1, 0.15) is 77.6 Å². The summed E-state index contributed by atoms with van der Waals surface area (Å²) in [6.45, 7) is -3.90. The number of amides is 4. The van der Waals surface area contributed by atoms with E-state index >= 15 is 0 Å². The summed E-state index contributed by atoms with van der Waals surface area (Å²) in [5, 5.41) is 202. The summed E-state index contributed by atoms with van der Waals surface area (Å²) in [6.07, 6.45) is -40.0. The van der Waals surface area contributed by atoms with Crippen molar-refractivity contribution in [2.75, 3.05) is 38.7 Å². The molecule has 0 aliphatic rings. The number of Topliss-reactive ketones (excluding diaryl/α,β-unsaturated/α-hetero) is 4. The fourth-order valence-electron chi connectivity index (χ4n) is 8.13. The first-order valence-electron chi connectivity index (χ1n) is 25.9. The summed E-state index contributed by atoms with van der Waals surface area (Å²) in [7, 11) is 0. The van der Waals surface area contributed by atoms with Crippen molar-refractivity contribution in [3.8, 4) is 0 Å². The van der Waals surface area contributed by atoms with Crippen molar-refractivity contribution in [3.05, 3.63) is 0 Å². The molecule has 0 radical (unpaired) electrons. The zero-order chi connectivity index (χ0) is 64.2. The second kappa shape index (κ2) is 39.3. The Kier molecular flexibility index (Phi) is 36.8. The van der Waals surface area contributed by atoms with Gasteiger partial charge in [-0.25, -0.2) is 0 Å². The number of carbonyl (C=O) groups is 11. The lowest BCUT2D eigenvalue weighted by atomic mass is 9.84. The summed E-state index contributed by atoms with van der Waals surface area (Å²) in [5.74, 6) is -25.1. The van der Waals surface area contributed by atoms with E-state index in [2.05, 4.69) is 17.9 Å². The Balaban J connectivity index is 7.74. The third kappa shape index (κ3) is 26.2. The molecule has 0 aliphatic carbocycles. The average molecular weight is 1230 g/mol. The summed E-state index contributed by atoms with van der Waals surface area (Å²) in [6, 6.07) is -6.50. The van der Waals surface area contributed by atoms with Gasteiger partial charge in [0.2, 0.25) is 23.6 Å². The standard InChI is InChI=1S/C48H80N4O30S/c1-2-19(57)11-20(37(71)41(75)30(61)15-53)46(80)50-25(4-7-35(67)68)28(59)13-22(39(73)43(77)32(63)17-55)48(82)52-26(5-8-36(69)70)29(60)14-23(40(74)44(78)33(64)18-56)47(81)51-24(3-6-34(65)66)27(58)12-21(45(79)49-9-10-83)38(72)42(76)31(62)16-54/h20-26,30-33,37-44,53-56,61-64,71-78,83H,2-18H2,1H3,(H,49,79)(H,50,80)(H,51,81)(H,52,82)(H,65,66)(H,67,68)(H,69,70)/t20-,21-,22-,23-,24+,25+,26+,30-,31-,32-,33-,37-,38-,39-,40-,41-,42-,43-,44-/m1/s1. The highest BCUT2D eigenvalue weighted by Crippen LogP contribution is 2.25. The molecule has 0 saturated heterocycles. The molecule has 83 heavy (non-hydrogen) atoms. The zero-order valence-corrected chi connectivity index (χ0v) is 45.8. The molecule has 0 aromatic carbocycles. The van der Waals surface area contributed by atoms with Crippen LogP contribution in [-0.4, -0.2) is 292 Å². The lowest BCUT2D eigenvalue weighted by molar-refractivity contribution is -0.148. The van der Waals surface area contributed by atoms with Crippen molar-refractivity contribution in [1.82, 2.24) is 21.3 Å². The van der Waals surface area contributed by atoms with E-state index in [-0.39, 0.29) is 18.7 Å². The van der Waals surface area contributed by atoms with Crippen LogP contribution in [0, 0.1) is 23.7 Å². The van der Waals surface area contributed by atoms with E-state index in [4.69, 9.17) is 0 Å². The number of aliphatic carboxylic acids is 3. The maximum Gasteiger partial charge on any atom is 0.303 e. The third-order valence-electron chi connectivity index (χ3n) is 13.3. The second-order valence-corrected chi connectivity index (χ2v) is 19.9. The van der Waals surface area contributed by atoms with Crippen LogP contribution in [-0.2, 0) is 52.7 Å². The smallest absolute Gasteiger partial charge is 0.303 e. The molecule has 0 saturated carbocycles. The Labute approximate surface area is 478 Å². The fraction of sp³-hybridized carbons (Fsp3) is 0.771. The van der Waals surface area contributed by atoms with Crippen LogP contribution in [0.15, 0.2) is 0 Å². The maximum atomic E-state index is 14.3. The number of carbonyl (C=O) groups excluding carboxylic acids is 8. The number of carboxylic acid groups (broad SMARTS) is 3. The molecule has 0 aromatic heterocycles. The van der Waals surface area contributed by atoms with Gasteiger partial charge in [-0.3, -0.25) is 52.7 Å². The Bertz CT molecular complexity index is 2130. The third-order valence-corrected chi connectivity index (χ3v) is 13.5. The van der Waals surface area contributed by atoms with Crippen LogP contribution in [0.5, 0.6) is 0 Å². The van der Waals surface area contributed by atoms with Crippen LogP contribution < -0.4 is 21.3 Å². The van der Waals surface area contributed by atoms with Crippen LogP contribution >= 0.6 is 12.6 Å². The van der Waals surface area contributed by atoms with Crippen LogP contribution in [0.2, 0.25) is 0 Å². The molecular weight excluding hydrogens is 1140 g/mol. The van der Waals surface area contributed by atoms with Gasteiger partial charge in [-0.05, 0) is 19.3 Å². The first-order chi connectivity index (χ1) is 38.7. The molecular formula is C48H80N4O30S. The van der Waals surface area contributed by atoms with Gasteiger partial charge < -0.3 is 118 Å². The molecule has 0 spiro atoms. The van der Waals surface area contributed by atoms with E-state index in [1.165, 1.54) is 6.92 Å². The summed E-state index contributed by atoms with van der Waals surface area (Å²) in [5.41, 5.74) is 0. The van der Waals surface area contributed by atoms with Gasteiger partial charge in [0, 0.05) is 63.7 Å². The van der Waals surface area contributed by atoms with Crippen molar-refractivity contribution in [2.24, 2.45) is 23.7 Å². The number of rotatable bonds is 46. The molecule has 0 rings (SSSR count). The maximum absolute atomic E-state index is 14.3. The summed E-state index contributed by atoms with van der Waals surface area (Å²) < 4.78 is 0. The van der Waals surface area contributed by atoms with E-state index < -0.39 is 270 Å². The van der Waals surface area contributed by atoms with Crippen molar-refractivity contribution in [1.29, 1.82) is 0 Å². The minimum atomic E-state index is -2.72. The normalized spacial score (nSPS) is 18.6. The molecule has 0 heterocycles. The van der Waals surface area contributed by atoms with Gasteiger partial charge in [0.15, 0.2) is 17.3 Å². The van der Waals surface area contributed by atoms with Gasteiger partial charge in [0.1, 0.15) is 54.6 Å². The van der Waals surface area contributed by atoms with Gasteiger partial charge in [-0.15, -0.1) is 0 Å². The number of nitrogens with one attached hydrogen (secondary N) is 4. The van der Waals surface area contributed by atoms with Gasteiger partial charge >= 0.3 is 17.9 Å². The Morgan fingerprint density at radius 3 is 0.831 bits per heavy atom. The van der Waals surface area contributed by atoms with Crippen LogP contribution in [0.4, 0.5) is 0 Å². The van der Waals surface area contributed by atoms with Crippen molar-refractivity contribution in [2.45, 2.75) is 169 Å². The largest absolute Gasteiger partial charge is 0.481 e. The predicted octanol–water partition coefficient (Wildman–Crippen LogP) is -10.9. The van der Waals surface area contributed by atoms with E-state index in [1.54, 1.807) is 0 Å². The number of thiol groups is 1. The highest BCUT2D eigenvalue weighted by atomic mass is 32.1. The van der Waals surface area contributed by atoms with E-state index in [9.17, 15) is 150 Å². The first-order valence-corrected chi connectivity index (χ1v) is 26.5. The van der Waals surface area contributed by atoms with Gasteiger partial charge in [-0.2, -0.15) is 12.6 Å². The SMILES string of the molecule is CCC(=O)C[C@@H](C(=O)N[C@@H](CCC(=O)O)C(=O)C[C@@H](C(=O)N[C@@H](CCC(=O)O)C(=O)C[C@@H](C(=O)N[C@@H](CCC(=O)O)C(=O)C[C@@H](C(=O)NCCS)[C@@H](O)[C@H](O)[C@H](O)CO)[C@@H](O)[C@H](O)[C@H](O)CO)[C@@H](O)[C@H](O)[C@H](O)CO)[C@@H](O)[C@H](O)[C@H](O)CO. The molecule has 23 N–H and O–H groups in total. The van der Waals surface area contributed by atoms with Crippen LogP contribution in [0.3, 0.4) is 0 Å².